The van der Waals surface area contributed by atoms with Crippen LogP contribution in [0.1, 0.15) is 58.4 Å². The number of alkyl halides is 6. The Morgan fingerprint density at radius 3 is 1.09 bits per heavy atom. The number of nitrogens with zero attached hydrogens (tertiary/aromatic N) is 2. The van der Waals surface area contributed by atoms with Crippen LogP contribution in [0.15, 0.2) is 158 Å². The lowest BCUT2D eigenvalue weighted by atomic mass is 10.0. The Balaban J connectivity index is 1.29. The number of ether oxygens (including phenoxy) is 4. The largest absolute Gasteiger partial charge is 0.486 e. The molecule has 0 saturated carbocycles. The summed E-state index contributed by atoms with van der Waals surface area (Å²) in [5, 5.41) is 0. The average Bonchev–Trinajstić information content (AvgIpc) is 3.29. The number of hydrogen-bond donors (Lipinski definition) is 0. The molecule has 0 aliphatic carbocycles. The van der Waals surface area contributed by atoms with E-state index in [1.54, 1.807) is 60.3 Å². The Kier molecular flexibility index (Phi) is 16.2. The smallest absolute Gasteiger partial charge is 0.419 e. The van der Waals surface area contributed by atoms with E-state index >= 15 is 0 Å². The van der Waals surface area contributed by atoms with Gasteiger partial charge in [-0.05, 0) is 109 Å². The van der Waals surface area contributed by atoms with Gasteiger partial charge in [0.2, 0.25) is 0 Å². The highest BCUT2D eigenvalue weighted by atomic mass is 19.4. The molecule has 6 rings (SSSR count). The van der Waals surface area contributed by atoms with E-state index in [2.05, 4.69) is 0 Å². The van der Waals surface area contributed by atoms with Crippen molar-refractivity contribution in [3.8, 4) is 11.5 Å². The van der Waals surface area contributed by atoms with Gasteiger partial charge < -0.3 is 18.9 Å². The van der Waals surface area contributed by atoms with E-state index in [-0.39, 0.29) is 37.4 Å². The molecule has 0 bridgehead atoms. The zero-order valence-electron chi connectivity index (χ0n) is 35.5. The molecule has 0 saturated heterocycles. The van der Waals surface area contributed by atoms with Crippen molar-refractivity contribution in [2.45, 2.75) is 62.9 Å². The van der Waals surface area contributed by atoms with Crippen molar-refractivity contribution in [2.75, 3.05) is 14.1 Å². The number of hydrogen-bond acceptors (Lipinski definition) is 8. The summed E-state index contributed by atoms with van der Waals surface area (Å²) in [6, 6.07) is 36.2. The fourth-order valence-electron chi connectivity index (χ4n) is 6.92. The zero-order chi connectivity index (χ0) is 47.4. The average molecular weight is 921 g/mol. The van der Waals surface area contributed by atoms with Gasteiger partial charge in [-0.25, -0.2) is 18.4 Å². The van der Waals surface area contributed by atoms with Gasteiger partial charge in [-0.1, -0.05) is 84.9 Å². The summed E-state index contributed by atoms with van der Waals surface area (Å²) < 4.78 is 133. The molecule has 0 aliphatic heterocycles. The maximum atomic E-state index is 14.1. The third kappa shape index (κ3) is 14.1. The fraction of sp³-hybridized carbons (Fsp3) is 0.240. The summed E-state index contributed by atoms with van der Waals surface area (Å²) in [4.78, 5) is 31.2. The minimum atomic E-state index is -4.61. The first-order chi connectivity index (χ1) is 31.4. The van der Waals surface area contributed by atoms with Crippen LogP contribution in [0.3, 0.4) is 0 Å². The number of halogens is 8. The Bertz CT molecular complexity index is 2280. The lowest BCUT2D eigenvalue weighted by Gasteiger charge is -2.32. The summed E-state index contributed by atoms with van der Waals surface area (Å²) in [6.45, 7) is 0.348. The molecule has 6 aromatic carbocycles. The van der Waals surface area contributed by atoms with Crippen LogP contribution in [0.5, 0.6) is 11.5 Å². The first kappa shape index (κ1) is 48.7. The number of carbonyl (C=O) groups excluding carboxylic acids is 2. The van der Waals surface area contributed by atoms with Crippen LogP contribution in [-0.2, 0) is 44.5 Å². The highest BCUT2D eigenvalue weighted by Crippen LogP contribution is 2.35. The van der Waals surface area contributed by atoms with E-state index in [1.807, 2.05) is 24.3 Å². The molecule has 0 aromatic heterocycles. The predicted octanol–water partition coefficient (Wildman–Crippen LogP) is 11.7. The van der Waals surface area contributed by atoms with E-state index in [4.69, 9.17) is 18.9 Å². The van der Waals surface area contributed by atoms with Gasteiger partial charge in [0.05, 0.1) is 11.1 Å². The first-order valence-electron chi connectivity index (χ1n) is 20.5. The monoisotopic (exact) mass is 920 g/mol. The van der Waals surface area contributed by atoms with Gasteiger partial charge >= 0.3 is 24.3 Å². The van der Waals surface area contributed by atoms with Crippen molar-refractivity contribution in [3.05, 3.63) is 203 Å². The van der Waals surface area contributed by atoms with Crippen molar-refractivity contribution in [3.63, 3.8) is 0 Å². The molecule has 346 valence electrons. The highest BCUT2D eigenvalue weighted by molar-refractivity contribution is 6.29. The van der Waals surface area contributed by atoms with Gasteiger partial charge in [0.15, 0.2) is 12.5 Å². The van der Waals surface area contributed by atoms with Crippen LogP contribution >= 0.6 is 0 Å². The summed E-state index contributed by atoms with van der Waals surface area (Å²) in [5.41, 5.74) is 0.486. The van der Waals surface area contributed by atoms with E-state index in [0.29, 0.717) is 11.1 Å². The van der Waals surface area contributed by atoms with Crippen molar-refractivity contribution in [1.29, 1.82) is 0 Å². The number of benzene rings is 6. The van der Waals surface area contributed by atoms with Crippen LogP contribution in [0.25, 0.3) is 0 Å². The number of rotatable bonds is 18. The van der Waals surface area contributed by atoms with E-state index in [0.717, 1.165) is 83.9 Å². The SMILES string of the molecule is CN(Cc1ccccc1)C(C[C@@H](Oc1ccc(C(F)(F)F)cc1)c1ccc(F)cc1)OC(=O)C(=O)OC(C[C@@H](Oc1ccc(C(F)(F)F)cc1)c1ccc(F)cc1)N(C)Cc1ccccc1. The fourth-order valence-corrected chi connectivity index (χ4v) is 6.92. The summed E-state index contributed by atoms with van der Waals surface area (Å²) in [7, 11) is 3.22. The molecule has 0 amide bonds. The van der Waals surface area contributed by atoms with Gasteiger partial charge in [-0.3, -0.25) is 9.80 Å². The lowest BCUT2D eigenvalue weighted by molar-refractivity contribution is -0.187. The first-order valence-corrected chi connectivity index (χ1v) is 20.5. The predicted molar refractivity (Wildman–Crippen MR) is 227 cm³/mol. The number of carbonyl (C=O) groups is 2. The summed E-state index contributed by atoms with van der Waals surface area (Å²) in [5.74, 6) is -3.98. The summed E-state index contributed by atoms with van der Waals surface area (Å²) in [6.07, 6.45) is -14.4. The minimum Gasteiger partial charge on any atom is -0.486 e. The van der Waals surface area contributed by atoms with Crippen molar-refractivity contribution in [2.24, 2.45) is 0 Å². The molecule has 8 nitrogen and oxygen atoms in total. The molecular weight excluding hydrogens is 877 g/mol. The van der Waals surface area contributed by atoms with Gasteiger partial charge in [0, 0.05) is 25.9 Å². The number of esters is 2. The van der Waals surface area contributed by atoms with Crippen molar-refractivity contribution < 1.29 is 63.7 Å². The molecule has 0 heterocycles. The summed E-state index contributed by atoms with van der Waals surface area (Å²) >= 11 is 0. The maximum Gasteiger partial charge on any atom is 0.419 e. The second kappa shape index (κ2) is 21.9. The molecular formula is C50H44F8N2O6. The van der Waals surface area contributed by atoms with Crippen LogP contribution in [0.4, 0.5) is 35.1 Å². The quantitative estimate of drug-likeness (QED) is 0.0365. The van der Waals surface area contributed by atoms with Gasteiger partial charge in [0.1, 0.15) is 35.3 Å². The molecule has 16 heteroatoms. The molecule has 0 radical (unpaired) electrons. The zero-order valence-corrected chi connectivity index (χ0v) is 35.5. The van der Waals surface area contributed by atoms with Gasteiger partial charge in [-0.2, -0.15) is 26.3 Å². The Morgan fingerprint density at radius 2 is 0.788 bits per heavy atom. The van der Waals surface area contributed by atoms with Crippen molar-refractivity contribution in [1.82, 2.24) is 9.80 Å². The van der Waals surface area contributed by atoms with Crippen molar-refractivity contribution >= 4 is 11.9 Å². The topological polar surface area (TPSA) is 77.5 Å². The van der Waals surface area contributed by atoms with Crippen LogP contribution < -0.4 is 9.47 Å². The second-order valence-electron chi connectivity index (χ2n) is 15.4. The second-order valence-corrected chi connectivity index (χ2v) is 15.4. The molecule has 0 N–H and O–H groups in total. The Morgan fingerprint density at radius 1 is 0.470 bits per heavy atom. The van der Waals surface area contributed by atoms with Crippen LogP contribution in [0, 0.1) is 11.6 Å². The third-order valence-electron chi connectivity index (χ3n) is 10.4. The molecule has 0 aliphatic rings. The van der Waals surface area contributed by atoms with Crippen LogP contribution in [0.2, 0.25) is 0 Å². The Labute approximate surface area is 375 Å². The Hall–Kier alpha value is -6.78. The lowest BCUT2D eigenvalue weighted by Crippen LogP contribution is -2.42. The molecule has 4 atom stereocenters. The third-order valence-corrected chi connectivity index (χ3v) is 10.4. The minimum absolute atomic E-state index is 0.0195. The molecule has 0 fully saturated rings. The van der Waals surface area contributed by atoms with Gasteiger partial charge in [-0.15, -0.1) is 0 Å². The molecule has 0 spiro atoms. The maximum absolute atomic E-state index is 14.1. The van der Waals surface area contributed by atoms with E-state index in [9.17, 15) is 44.7 Å². The highest BCUT2D eigenvalue weighted by Gasteiger charge is 2.35. The van der Waals surface area contributed by atoms with Gasteiger partial charge in [0.25, 0.3) is 0 Å². The normalized spacial score (nSPS) is 13.7. The molecule has 2 unspecified atom stereocenters. The standard InChI is InChI=1S/C50H44F8N2O6/c1-59(31-33-9-5-3-6-10-33)45(29-43(35-13-21-39(51)22-14-35)63-41-25-17-37(18-26-41)49(53,54)55)65-47(61)48(62)66-46(60(2)32-34-11-7-4-8-12-34)30-44(36-15-23-40(52)24-16-36)64-42-27-19-38(20-28-42)50(56,57)58/h3-28,43-46H,29-32H2,1-2H3/t43-,44-,45?,46?/m1/s1. The van der Waals surface area contributed by atoms with Crippen LogP contribution in [-0.4, -0.2) is 48.3 Å². The molecule has 6 aromatic rings. The van der Waals surface area contributed by atoms with E-state index in [1.165, 1.54) is 24.3 Å². The molecule has 66 heavy (non-hydrogen) atoms. The van der Waals surface area contributed by atoms with E-state index < -0.39 is 71.7 Å².